The highest BCUT2D eigenvalue weighted by Crippen LogP contribution is 2.15. The minimum atomic E-state index is -3.16. The largest absolute Gasteiger partial charge is 0.357 e. The number of nitrogens with zero attached hydrogens (tertiary/aromatic N) is 2. The maximum Gasteiger partial charge on any atom is 0.213 e. The molecule has 1 aliphatic rings. The van der Waals surface area contributed by atoms with Gasteiger partial charge in [0.05, 0.1) is 12.3 Å². The quantitative estimate of drug-likeness (QED) is 0.576. The summed E-state index contributed by atoms with van der Waals surface area (Å²) >= 11 is 0. The number of sulfonamides is 1. The van der Waals surface area contributed by atoms with Crippen molar-refractivity contribution < 1.29 is 17.2 Å². The van der Waals surface area contributed by atoms with Crippen LogP contribution in [0.25, 0.3) is 0 Å². The van der Waals surface area contributed by atoms with Crippen molar-refractivity contribution in [3.8, 4) is 0 Å². The van der Waals surface area contributed by atoms with Crippen LogP contribution < -0.4 is 10.6 Å². The van der Waals surface area contributed by atoms with Gasteiger partial charge < -0.3 is 10.6 Å². The number of rotatable bonds is 6. The monoisotopic (exact) mass is 388 g/mol. The zero-order valence-electron chi connectivity index (χ0n) is 15.1. The van der Waals surface area contributed by atoms with E-state index in [1.165, 1.54) is 4.31 Å². The van der Waals surface area contributed by atoms with Crippen molar-refractivity contribution in [3.05, 3.63) is 35.4 Å². The highest BCUT2D eigenvalue weighted by atomic mass is 32.2. The first-order valence-electron chi connectivity index (χ1n) is 8.82. The molecule has 1 aliphatic heterocycles. The molecule has 1 heterocycles. The molecule has 1 saturated heterocycles. The topological polar surface area (TPSA) is 73.8 Å². The standard InChI is InChI=1S/C17H26F2N4O2S/c1-3-20-17(21-12-13-11-14(18)5-6-16(13)19)22-15-7-9-23(10-8-15)26(24,25)4-2/h5-6,11,15H,3-4,7-10,12H2,1-2H3,(H2,20,21,22). The molecule has 0 saturated carbocycles. The van der Waals surface area contributed by atoms with Crippen molar-refractivity contribution >= 4 is 16.0 Å². The van der Waals surface area contributed by atoms with E-state index in [0.29, 0.717) is 38.4 Å². The highest BCUT2D eigenvalue weighted by molar-refractivity contribution is 7.89. The van der Waals surface area contributed by atoms with Crippen LogP contribution in [0.2, 0.25) is 0 Å². The maximum atomic E-state index is 13.7. The van der Waals surface area contributed by atoms with Crippen molar-refractivity contribution in [1.29, 1.82) is 0 Å². The predicted octanol–water partition coefficient (Wildman–Crippen LogP) is 1.83. The summed E-state index contributed by atoms with van der Waals surface area (Å²) < 4.78 is 52.3. The molecule has 0 radical (unpaired) electrons. The molecule has 2 rings (SSSR count). The summed E-state index contributed by atoms with van der Waals surface area (Å²) in [6.07, 6.45) is 1.33. The summed E-state index contributed by atoms with van der Waals surface area (Å²) in [6.45, 7) is 5.12. The molecule has 26 heavy (non-hydrogen) atoms. The Morgan fingerprint density at radius 2 is 1.96 bits per heavy atom. The Balaban J connectivity index is 1.97. The van der Waals surface area contributed by atoms with Crippen LogP contribution in [0, 0.1) is 11.6 Å². The molecular weight excluding hydrogens is 362 g/mol. The average Bonchev–Trinajstić information content (AvgIpc) is 2.63. The van der Waals surface area contributed by atoms with Gasteiger partial charge in [-0.3, -0.25) is 0 Å². The summed E-state index contributed by atoms with van der Waals surface area (Å²) in [5.74, 6) is -0.384. The molecule has 0 spiro atoms. The van der Waals surface area contributed by atoms with Crippen molar-refractivity contribution in [2.24, 2.45) is 4.99 Å². The second kappa shape index (κ2) is 9.27. The zero-order chi connectivity index (χ0) is 19.2. The first-order valence-corrected chi connectivity index (χ1v) is 10.4. The first kappa shape index (κ1) is 20.6. The Labute approximate surface area is 153 Å². The van der Waals surface area contributed by atoms with E-state index in [4.69, 9.17) is 0 Å². The van der Waals surface area contributed by atoms with Gasteiger partial charge >= 0.3 is 0 Å². The van der Waals surface area contributed by atoms with Crippen LogP contribution in [-0.4, -0.2) is 50.1 Å². The predicted molar refractivity (Wildman–Crippen MR) is 98.4 cm³/mol. The first-order chi connectivity index (χ1) is 12.4. The molecule has 146 valence electrons. The number of hydrogen-bond acceptors (Lipinski definition) is 3. The van der Waals surface area contributed by atoms with Crippen molar-refractivity contribution in [2.45, 2.75) is 39.3 Å². The van der Waals surface area contributed by atoms with Gasteiger partial charge in [-0.05, 0) is 44.9 Å². The molecule has 1 aromatic carbocycles. The molecule has 9 heteroatoms. The maximum absolute atomic E-state index is 13.7. The molecule has 0 atom stereocenters. The lowest BCUT2D eigenvalue weighted by molar-refractivity contribution is 0.306. The van der Waals surface area contributed by atoms with Crippen LogP contribution in [0.5, 0.6) is 0 Å². The van der Waals surface area contributed by atoms with Gasteiger partial charge in [0.2, 0.25) is 10.0 Å². The summed E-state index contributed by atoms with van der Waals surface area (Å²) in [7, 11) is -3.16. The van der Waals surface area contributed by atoms with Gasteiger partial charge in [0.25, 0.3) is 0 Å². The van der Waals surface area contributed by atoms with Crippen molar-refractivity contribution in [1.82, 2.24) is 14.9 Å². The Morgan fingerprint density at radius 3 is 2.58 bits per heavy atom. The molecule has 0 bridgehead atoms. The van der Waals surface area contributed by atoms with E-state index in [9.17, 15) is 17.2 Å². The normalized spacial score (nSPS) is 17.3. The van der Waals surface area contributed by atoms with Gasteiger partial charge in [-0.25, -0.2) is 26.5 Å². The molecule has 0 aliphatic carbocycles. The summed E-state index contributed by atoms with van der Waals surface area (Å²) in [5, 5.41) is 6.33. The number of guanidine groups is 1. The van der Waals surface area contributed by atoms with E-state index < -0.39 is 21.7 Å². The van der Waals surface area contributed by atoms with Crippen LogP contribution in [0.3, 0.4) is 0 Å². The van der Waals surface area contributed by atoms with Gasteiger partial charge in [0, 0.05) is 31.2 Å². The van der Waals surface area contributed by atoms with E-state index in [0.717, 1.165) is 18.2 Å². The lowest BCUT2D eigenvalue weighted by atomic mass is 10.1. The second-order valence-electron chi connectivity index (χ2n) is 6.15. The Kier molecular flexibility index (Phi) is 7.33. The van der Waals surface area contributed by atoms with Crippen molar-refractivity contribution in [3.63, 3.8) is 0 Å². The smallest absolute Gasteiger partial charge is 0.213 e. The van der Waals surface area contributed by atoms with E-state index in [2.05, 4.69) is 15.6 Å². The second-order valence-corrected chi connectivity index (χ2v) is 8.41. The Morgan fingerprint density at radius 1 is 1.27 bits per heavy atom. The summed E-state index contributed by atoms with van der Waals surface area (Å²) in [5.41, 5.74) is 0.186. The third kappa shape index (κ3) is 5.63. The van der Waals surface area contributed by atoms with E-state index >= 15 is 0 Å². The number of benzene rings is 1. The molecule has 6 nitrogen and oxygen atoms in total. The summed E-state index contributed by atoms with van der Waals surface area (Å²) in [4.78, 5) is 4.32. The molecule has 0 aromatic heterocycles. The van der Waals surface area contributed by atoms with Crippen LogP contribution >= 0.6 is 0 Å². The average molecular weight is 388 g/mol. The van der Waals surface area contributed by atoms with E-state index in [1.54, 1.807) is 6.92 Å². The molecule has 0 unspecified atom stereocenters. The van der Waals surface area contributed by atoms with Crippen LogP contribution in [0.4, 0.5) is 8.78 Å². The van der Waals surface area contributed by atoms with Gasteiger partial charge in [0.15, 0.2) is 5.96 Å². The number of halogens is 2. The minimum Gasteiger partial charge on any atom is -0.357 e. The number of aliphatic imine (C=N–C) groups is 1. The van der Waals surface area contributed by atoms with Crippen LogP contribution in [-0.2, 0) is 16.6 Å². The fourth-order valence-corrected chi connectivity index (χ4v) is 3.94. The fourth-order valence-electron chi connectivity index (χ4n) is 2.80. The lowest BCUT2D eigenvalue weighted by Crippen LogP contribution is -2.50. The number of nitrogens with one attached hydrogen (secondary N) is 2. The van der Waals surface area contributed by atoms with E-state index in [1.807, 2.05) is 6.92 Å². The molecule has 1 aromatic rings. The lowest BCUT2D eigenvalue weighted by Gasteiger charge is -2.32. The van der Waals surface area contributed by atoms with Gasteiger partial charge in [-0.2, -0.15) is 0 Å². The zero-order valence-corrected chi connectivity index (χ0v) is 16.0. The van der Waals surface area contributed by atoms with Crippen molar-refractivity contribution in [2.75, 3.05) is 25.4 Å². The fraction of sp³-hybridized carbons (Fsp3) is 0.588. The SMILES string of the molecule is CCNC(=NCc1cc(F)ccc1F)NC1CCN(S(=O)(=O)CC)CC1. The molecule has 2 N–H and O–H groups in total. The third-order valence-corrected chi connectivity index (χ3v) is 6.19. The van der Waals surface area contributed by atoms with Crippen LogP contribution in [0.15, 0.2) is 23.2 Å². The minimum absolute atomic E-state index is 0.0159. The molecule has 0 amide bonds. The number of piperidine rings is 1. The summed E-state index contributed by atoms with van der Waals surface area (Å²) in [6, 6.07) is 3.37. The van der Waals surface area contributed by atoms with Crippen LogP contribution in [0.1, 0.15) is 32.3 Å². The number of hydrogen-bond donors (Lipinski definition) is 2. The van der Waals surface area contributed by atoms with E-state index in [-0.39, 0.29) is 23.9 Å². The van der Waals surface area contributed by atoms with Gasteiger partial charge in [-0.1, -0.05) is 0 Å². The molecule has 1 fully saturated rings. The van der Waals surface area contributed by atoms with Gasteiger partial charge in [0.1, 0.15) is 11.6 Å². The Hall–Kier alpha value is -1.74. The third-order valence-electron chi connectivity index (χ3n) is 4.31. The molecular formula is C17H26F2N4O2S. The Bertz CT molecular complexity index is 732. The van der Waals surface area contributed by atoms with Gasteiger partial charge in [-0.15, -0.1) is 0 Å². The highest BCUT2D eigenvalue weighted by Gasteiger charge is 2.27.